The van der Waals surface area contributed by atoms with Crippen LogP contribution in [0.3, 0.4) is 0 Å². The number of carbonyl (C=O) groups is 1. The van der Waals surface area contributed by atoms with Crippen LogP contribution in [0.5, 0.6) is 0 Å². The Balaban J connectivity index is 0.00000441. The maximum atomic E-state index is 11.0. The molecule has 1 heterocycles. The topological polar surface area (TPSA) is 74.2 Å². The number of hydrogen-bond donors (Lipinski definition) is 2. The van der Waals surface area contributed by atoms with Gasteiger partial charge in [-0.15, -0.1) is 24.0 Å². The summed E-state index contributed by atoms with van der Waals surface area (Å²) in [7, 11) is 1.43. The summed E-state index contributed by atoms with van der Waals surface area (Å²) in [4.78, 5) is 17.7. The number of carbonyl (C=O) groups excluding carboxylic acids is 1. The molecule has 0 amide bonds. The van der Waals surface area contributed by atoms with Crippen LogP contribution >= 0.6 is 24.0 Å². The number of methoxy groups -OCH3 is 1. The molecule has 0 spiro atoms. The van der Waals surface area contributed by atoms with E-state index in [1.807, 2.05) is 0 Å². The van der Waals surface area contributed by atoms with Crippen LogP contribution in [0.2, 0.25) is 0 Å². The van der Waals surface area contributed by atoms with Gasteiger partial charge >= 0.3 is 5.97 Å². The first-order valence-electron chi connectivity index (χ1n) is 7.95. The normalized spacial score (nSPS) is 18.0. The van der Waals surface area contributed by atoms with Gasteiger partial charge in [0.05, 0.1) is 13.2 Å². The molecule has 2 N–H and O–H groups in total. The highest BCUT2D eigenvalue weighted by atomic mass is 127. The zero-order valence-corrected chi connectivity index (χ0v) is 16.0. The number of aliphatic hydroxyl groups is 1. The minimum atomic E-state index is -0.229. The number of aliphatic imine (C=N–C) groups is 1. The second kappa shape index (κ2) is 12.9. The Morgan fingerprint density at radius 1 is 1.36 bits per heavy atom. The third-order valence-electron chi connectivity index (χ3n) is 3.58. The number of guanidine groups is 1. The molecule has 0 unspecified atom stereocenters. The molecule has 1 saturated heterocycles. The van der Waals surface area contributed by atoms with Crippen LogP contribution in [0.15, 0.2) is 4.99 Å². The molecule has 0 aliphatic carbocycles. The Labute approximate surface area is 150 Å². The first-order chi connectivity index (χ1) is 10.2. The van der Waals surface area contributed by atoms with Crippen LogP contribution in [-0.2, 0) is 9.53 Å². The second-order valence-electron chi connectivity index (χ2n) is 5.36. The van der Waals surface area contributed by atoms with E-state index in [1.54, 1.807) is 0 Å². The number of esters is 1. The number of likely N-dealkylation sites (tertiary alicyclic amines) is 1. The van der Waals surface area contributed by atoms with E-state index in [0.29, 0.717) is 13.0 Å². The van der Waals surface area contributed by atoms with Gasteiger partial charge in [0.2, 0.25) is 0 Å². The van der Waals surface area contributed by atoms with Gasteiger partial charge in [-0.3, -0.25) is 9.79 Å². The molecule has 1 aliphatic heterocycles. The van der Waals surface area contributed by atoms with Crippen molar-refractivity contribution in [3.8, 4) is 0 Å². The lowest BCUT2D eigenvalue weighted by Crippen LogP contribution is -2.40. The van der Waals surface area contributed by atoms with E-state index in [2.05, 4.69) is 26.9 Å². The van der Waals surface area contributed by atoms with E-state index < -0.39 is 0 Å². The van der Waals surface area contributed by atoms with Gasteiger partial charge in [-0.05, 0) is 26.2 Å². The molecule has 7 heteroatoms. The summed E-state index contributed by atoms with van der Waals surface area (Å²) in [6.07, 6.45) is 5.10. The number of halogens is 1. The molecule has 6 nitrogen and oxygen atoms in total. The summed E-state index contributed by atoms with van der Waals surface area (Å²) < 4.78 is 4.61. The molecule has 0 aromatic rings. The van der Waals surface area contributed by atoms with Gasteiger partial charge in [-0.25, -0.2) is 0 Å². The molecule has 1 fully saturated rings. The number of unbranched alkanes of at least 4 members (excludes halogenated alkanes) is 3. The van der Waals surface area contributed by atoms with E-state index >= 15 is 0 Å². The average molecular weight is 427 g/mol. The molecular weight excluding hydrogens is 397 g/mol. The van der Waals surface area contributed by atoms with Gasteiger partial charge in [0.1, 0.15) is 0 Å². The van der Waals surface area contributed by atoms with E-state index in [4.69, 9.17) is 0 Å². The maximum Gasteiger partial charge on any atom is 0.305 e. The highest BCUT2D eigenvalue weighted by Crippen LogP contribution is 2.09. The van der Waals surface area contributed by atoms with Crippen molar-refractivity contribution in [2.75, 3.05) is 33.3 Å². The van der Waals surface area contributed by atoms with Crippen molar-refractivity contribution >= 4 is 35.9 Å². The summed E-state index contributed by atoms with van der Waals surface area (Å²) in [6.45, 7) is 5.21. The highest BCUT2D eigenvalue weighted by molar-refractivity contribution is 14.0. The van der Waals surface area contributed by atoms with Crippen molar-refractivity contribution in [3.63, 3.8) is 0 Å². The first kappa shape index (κ1) is 21.4. The number of β-amino-alcohol motifs (C(OH)–C–C–N with tert-alkyl or cyclic N) is 1. The van der Waals surface area contributed by atoms with Crippen LogP contribution in [0.25, 0.3) is 0 Å². The number of rotatable bonds is 8. The molecule has 0 bridgehead atoms. The van der Waals surface area contributed by atoms with Gasteiger partial charge in [0.25, 0.3) is 0 Å². The SMILES string of the molecule is CCNC(=NCCCCCCC(=O)OC)N1CC[C@@H](O)C1.I. The van der Waals surface area contributed by atoms with Crippen molar-refractivity contribution in [2.24, 2.45) is 4.99 Å². The third kappa shape index (κ3) is 8.77. The van der Waals surface area contributed by atoms with Crippen LogP contribution in [0.4, 0.5) is 0 Å². The molecule has 0 aromatic heterocycles. The quantitative estimate of drug-likeness (QED) is 0.203. The summed E-state index contributed by atoms with van der Waals surface area (Å²) in [5.41, 5.74) is 0. The second-order valence-corrected chi connectivity index (χ2v) is 5.36. The number of nitrogens with one attached hydrogen (secondary N) is 1. The van der Waals surface area contributed by atoms with Gasteiger partial charge in [-0.1, -0.05) is 12.8 Å². The predicted molar refractivity (Wildman–Crippen MR) is 98.7 cm³/mol. The fourth-order valence-corrected chi connectivity index (χ4v) is 2.38. The molecule has 22 heavy (non-hydrogen) atoms. The zero-order chi connectivity index (χ0) is 15.5. The van der Waals surface area contributed by atoms with E-state index in [1.165, 1.54) is 7.11 Å². The number of ether oxygens (including phenoxy) is 1. The summed E-state index contributed by atoms with van der Waals surface area (Å²) in [6, 6.07) is 0. The molecule has 1 aliphatic rings. The van der Waals surface area contributed by atoms with Crippen LogP contribution in [0, 0.1) is 0 Å². The minimum absolute atomic E-state index is 0. The Hall–Kier alpha value is -0.570. The standard InChI is InChI=1S/C15H29N3O3.HI/c1-3-16-15(18-11-9-13(19)12-18)17-10-7-5-4-6-8-14(20)21-2;/h13,19H,3-12H2,1-2H3,(H,16,17);1H/t13-;/m1./s1. The van der Waals surface area contributed by atoms with Crippen molar-refractivity contribution in [3.05, 3.63) is 0 Å². The van der Waals surface area contributed by atoms with Gasteiger partial charge < -0.3 is 20.1 Å². The van der Waals surface area contributed by atoms with E-state index in [-0.39, 0.29) is 36.0 Å². The van der Waals surface area contributed by atoms with E-state index in [0.717, 1.165) is 57.7 Å². The average Bonchev–Trinajstić information content (AvgIpc) is 2.91. The lowest BCUT2D eigenvalue weighted by Gasteiger charge is -2.20. The van der Waals surface area contributed by atoms with E-state index in [9.17, 15) is 9.90 Å². The lowest BCUT2D eigenvalue weighted by molar-refractivity contribution is -0.140. The summed E-state index contributed by atoms with van der Waals surface area (Å²) >= 11 is 0. The lowest BCUT2D eigenvalue weighted by atomic mass is 10.1. The molecule has 0 saturated carbocycles. The van der Waals surface area contributed by atoms with Crippen LogP contribution < -0.4 is 5.32 Å². The number of nitrogens with zero attached hydrogens (tertiary/aromatic N) is 2. The minimum Gasteiger partial charge on any atom is -0.469 e. The Morgan fingerprint density at radius 3 is 2.68 bits per heavy atom. The van der Waals surface area contributed by atoms with Crippen molar-refractivity contribution in [1.29, 1.82) is 0 Å². The first-order valence-corrected chi connectivity index (χ1v) is 7.95. The van der Waals surface area contributed by atoms with Crippen LogP contribution in [-0.4, -0.2) is 61.3 Å². The molecule has 1 atom stereocenters. The number of hydrogen-bond acceptors (Lipinski definition) is 4. The van der Waals surface area contributed by atoms with Gasteiger partial charge in [-0.2, -0.15) is 0 Å². The smallest absolute Gasteiger partial charge is 0.305 e. The third-order valence-corrected chi connectivity index (χ3v) is 3.58. The molecule has 0 aromatic carbocycles. The summed E-state index contributed by atoms with van der Waals surface area (Å²) in [5, 5.41) is 12.9. The molecule has 0 radical (unpaired) electrons. The van der Waals surface area contributed by atoms with Gasteiger partial charge in [0, 0.05) is 32.6 Å². The van der Waals surface area contributed by atoms with Crippen molar-refractivity contribution in [2.45, 2.75) is 51.6 Å². The zero-order valence-electron chi connectivity index (χ0n) is 13.7. The Bertz CT molecular complexity index is 340. The largest absolute Gasteiger partial charge is 0.469 e. The fourth-order valence-electron chi connectivity index (χ4n) is 2.38. The van der Waals surface area contributed by atoms with Gasteiger partial charge in [0.15, 0.2) is 5.96 Å². The van der Waals surface area contributed by atoms with Crippen LogP contribution in [0.1, 0.15) is 45.4 Å². The summed E-state index contributed by atoms with van der Waals surface area (Å²) in [5.74, 6) is 0.777. The van der Waals surface area contributed by atoms with Crippen molar-refractivity contribution in [1.82, 2.24) is 10.2 Å². The Morgan fingerprint density at radius 2 is 2.09 bits per heavy atom. The highest BCUT2D eigenvalue weighted by Gasteiger charge is 2.22. The predicted octanol–water partition coefficient (Wildman–Crippen LogP) is 1.76. The number of aliphatic hydroxyl groups excluding tert-OH is 1. The molecular formula is C15H30IN3O3. The van der Waals surface area contributed by atoms with Crippen molar-refractivity contribution < 1.29 is 14.6 Å². The molecule has 130 valence electrons. The fraction of sp³-hybridized carbons (Fsp3) is 0.867. The monoisotopic (exact) mass is 427 g/mol. The molecule has 1 rings (SSSR count). The Kier molecular flexibility index (Phi) is 12.6. The maximum absolute atomic E-state index is 11.0.